The maximum atomic E-state index is 5.80. The number of rotatable bonds is 5. The average Bonchev–Trinajstić information content (AvgIpc) is 2.25. The van der Waals surface area contributed by atoms with Gasteiger partial charge in [0.15, 0.2) is 5.88 Å². The van der Waals surface area contributed by atoms with Gasteiger partial charge in [0.1, 0.15) is 18.4 Å². The molecule has 0 aromatic carbocycles. The number of aliphatic imine (C=N–C) groups is 1. The molecule has 0 bridgehead atoms. The summed E-state index contributed by atoms with van der Waals surface area (Å²) in [5.41, 5.74) is 0. The molecule has 0 saturated heterocycles. The van der Waals surface area contributed by atoms with E-state index in [2.05, 4.69) is 17.8 Å². The van der Waals surface area contributed by atoms with Gasteiger partial charge in [-0.2, -0.15) is 0 Å². The summed E-state index contributed by atoms with van der Waals surface area (Å²) < 4.78 is 5.40. The molecule has 1 aliphatic rings. The van der Waals surface area contributed by atoms with Crippen LogP contribution in [0.15, 0.2) is 17.0 Å². The first-order chi connectivity index (χ1) is 7.27. The third-order valence-electron chi connectivity index (χ3n) is 2.03. The molecule has 15 heavy (non-hydrogen) atoms. The Morgan fingerprint density at radius 1 is 1.73 bits per heavy atom. The monoisotopic (exact) mass is 226 g/mol. The topological polar surface area (TPSA) is 24.8 Å². The fraction of sp³-hybridized carbons (Fsp3) is 0.545. The molecule has 0 aliphatic carbocycles. The van der Waals surface area contributed by atoms with Gasteiger partial charge in [0.25, 0.3) is 0 Å². The van der Waals surface area contributed by atoms with E-state index in [1.807, 2.05) is 4.90 Å². The Hall–Kier alpha value is -1.14. The third kappa shape index (κ3) is 3.85. The van der Waals surface area contributed by atoms with Crippen molar-refractivity contribution in [2.24, 2.45) is 4.99 Å². The van der Waals surface area contributed by atoms with E-state index in [0.29, 0.717) is 11.8 Å². The first kappa shape index (κ1) is 11.9. The smallest absolute Gasteiger partial charge is 0.194 e. The van der Waals surface area contributed by atoms with E-state index in [1.54, 1.807) is 6.08 Å². The van der Waals surface area contributed by atoms with Crippen LogP contribution in [0.1, 0.15) is 19.8 Å². The quantitative estimate of drug-likeness (QED) is 0.672. The Balaban J connectivity index is 2.56. The van der Waals surface area contributed by atoms with Crippen molar-refractivity contribution < 1.29 is 4.74 Å². The van der Waals surface area contributed by atoms with E-state index in [0.717, 1.165) is 25.3 Å². The minimum Gasteiger partial charge on any atom is -0.466 e. The second kappa shape index (κ2) is 6.36. The predicted molar refractivity (Wildman–Crippen MR) is 62.6 cm³/mol. The van der Waals surface area contributed by atoms with E-state index < -0.39 is 0 Å². The average molecular weight is 227 g/mol. The van der Waals surface area contributed by atoms with Crippen LogP contribution < -0.4 is 0 Å². The summed E-state index contributed by atoms with van der Waals surface area (Å²) in [6.07, 6.45) is 9.08. The van der Waals surface area contributed by atoms with E-state index in [1.165, 1.54) is 0 Å². The molecule has 1 rings (SSSR count). The second-order valence-electron chi connectivity index (χ2n) is 3.21. The lowest BCUT2D eigenvalue weighted by molar-refractivity contribution is 0.133. The Bertz CT molecular complexity index is 304. The lowest BCUT2D eigenvalue weighted by Crippen LogP contribution is -2.29. The summed E-state index contributed by atoms with van der Waals surface area (Å²) >= 11 is 5.80. The number of nitrogens with zero attached hydrogens (tertiary/aromatic N) is 2. The highest BCUT2D eigenvalue weighted by Crippen LogP contribution is 2.14. The van der Waals surface area contributed by atoms with Gasteiger partial charge in [-0.25, -0.2) is 0 Å². The zero-order chi connectivity index (χ0) is 11.1. The third-order valence-corrected chi connectivity index (χ3v) is 2.26. The first-order valence-corrected chi connectivity index (χ1v) is 5.38. The first-order valence-electron chi connectivity index (χ1n) is 5.00. The molecule has 4 heteroatoms. The molecular weight excluding hydrogens is 212 g/mol. The van der Waals surface area contributed by atoms with Crippen molar-refractivity contribution in [2.45, 2.75) is 19.8 Å². The Labute approximate surface area is 95.8 Å². The fourth-order valence-corrected chi connectivity index (χ4v) is 1.39. The van der Waals surface area contributed by atoms with Crippen molar-refractivity contribution in [3.05, 3.63) is 12.0 Å². The molecule has 0 saturated carbocycles. The van der Waals surface area contributed by atoms with Gasteiger partial charge in [0, 0.05) is 12.6 Å². The molecule has 0 aromatic heterocycles. The van der Waals surface area contributed by atoms with Crippen molar-refractivity contribution in [1.29, 1.82) is 0 Å². The van der Waals surface area contributed by atoms with Gasteiger partial charge in [-0.05, 0) is 6.42 Å². The van der Waals surface area contributed by atoms with Crippen molar-refractivity contribution >= 4 is 16.8 Å². The molecule has 0 aromatic rings. The summed E-state index contributed by atoms with van der Waals surface area (Å²) in [6, 6.07) is 0. The van der Waals surface area contributed by atoms with E-state index in [4.69, 9.17) is 22.8 Å². The summed E-state index contributed by atoms with van der Waals surface area (Å²) in [7, 11) is 0. The van der Waals surface area contributed by atoms with Crippen LogP contribution >= 0.6 is 11.6 Å². The highest BCUT2D eigenvalue weighted by atomic mass is 35.5. The SMILES string of the molecule is C#CCOC1=CC(Cl)=NCN1CCCC. The molecular formula is C11H15ClN2O. The lowest BCUT2D eigenvalue weighted by Gasteiger charge is -2.27. The highest BCUT2D eigenvalue weighted by molar-refractivity contribution is 6.68. The molecule has 0 N–H and O–H groups in total. The van der Waals surface area contributed by atoms with Gasteiger partial charge in [0.05, 0.1) is 0 Å². The number of unbranched alkanes of at least 4 members (excludes halogenated alkanes) is 1. The molecule has 0 spiro atoms. The largest absolute Gasteiger partial charge is 0.466 e. The maximum absolute atomic E-state index is 5.80. The molecule has 0 radical (unpaired) electrons. The van der Waals surface area contributed by atoms with E-state index in [-0.39, 0.29) is 6.61 Å². The molecule has 0 unspecified atom stereocenters. The molecule has 82 valence electrons. The van der Waals surface area contributed by atoms with Crippen LogP contribution in [0.3, 0.4) is 0 Å². The summed E-state index contributed by atoms with van der Waals surface area (Å²) in [4.78, 5) is 6.16. The van der Waals surface area contributed by atoms with Crippen molar-refractivity contribution in [2.75, 3.05) is 19.8 Å². The number of hydrogen-bond donors (Lipinski definition) is 0. The summed E-state index contributed by atoms with van der Waals surface area (Å²) in [5.74, 6) is 3.16. The number of allylic oxidation sites excluding steroid dienone is 1. The number of ether oxygens (including phenoxy) is 1. The van der Waals surface area contributed by atoms with Crippen molar-refractivity contribution in [1.82, 2.24) is 4.90 Å². The van der Waals surface area contributed by atoms with Crippen LogP contribution in [-0.4, -0.2) is 29.9 Å². The van der Waals surface area contributed by atoms with E-state index >= 15 is 0 Å². The van der Waals surface area contributed by atoms with Gasteiger partial charge in [-0.1, -0.05) is 30.9 Å². The molecule has 0 fully saturated rings. The summed E-state index contributed by atoms with van der Waals surface area (Å²) in [5, 5.41) is 0.467. The second-order valence-corrected chi connectivity index (χ2v) is 3.60. The predicted octanol–water partition coefficient (Wildman–Crippen LogP) is 2.19. The molecule has 0 amide bonds. The van der Waals surface area contributed by atoms with Crippen LogP contribution in [0.2, 0.25) is 0 Å². The normalized spacial score (nSPS) is 15.4. The van der Waals surface area contributed by atoms with Crippen LogP contribution in [0.25, 0.3) is 0 Å². The number of terminal acetylenes is 1. The fourth-order valence-electron chi connectivity index (χ4n) is 1.24. The molecule has 3 nitrogen and oxygen atoms in total. The van der Waals surface area contributed by atoms with Gasteiger partial charge < -0.3 is 9.64 Å². The van der Waals surface area contributed by atoms with Crippen LogP contribution in [0, 0.1) is 12.3 Å². The van der Waals surface area contributed by atoms with Gasteiger partial charge in [0.2, 0.25) is 0 Å². The molecule has 0 atom stereocenters. The van der Waals surface area contributed by atoms with Crippen LogP contribution in [-0.2, 0) is 4.74 Å². The van der Waals surface area contributed by atoms with Crippen LogP contribution in [0.5, 0.6) is 0 Å². The number of halogens is 1. The highest BCUT2D eigenvalue weighted by Gasteiger charge is 2.14. The Morgan fingerprint density at radius 2 is 2.53 bits per heavy atom. The standard InChI is InChI=1S/C11H15ClN2O/c1-3-5-6-14-9-13-10(12)8-11(14)15-7-4-2/h2,8H,3,5-7,9H2,1H3. The number of hydrogen-bond acceptors (Lipinski definition) is 3. The molecule has 1 heterocycles. The lowest BCUT2D eigenvalue weighted by atomic mass is 10.3. The van der Waals surface area contributed by atoms with Gasteiger partial charge >= 0.3 is 0 Å². The molecule has 1 aliphatic heterocycles. The van der Waals surface area contributed by atoms with Crippen molar-refractivity contribution in [3.63, 3.8) is 0 Å². The summed E-state index contributed by atoms with van der Waals surface area (Å²) in [6.45, 7) is 3.88. The van der Waals surface area contributed by atoms with Crippen LogP contribution in [0.4, 0.5) is 0 Å². The zero-order valence-electron chi connectivity index (χ0n) is 8.87. The Kier molecular flexibility index (Phi) is 5.06. The van der Waals surface area contributed by atoms with Gasteiger partial charge in [-0.3, -0.25) is 4.99 Å². The Morgan fingerprint density at radius 3 is 3.20 bits per heavy atom. The van der Waals surface area contributed by atoms with Gasteiger partial charge in [-0.15, -0.1) is 6.42 Å². The van der Waals surface area contributed by atoms with Crippen molar-refractivity contribution in [3.8, 4) is 12.3 Å². The maximum Gasteiger partial charge on any atom is 0.194 e. The minimum absolute atomic E-state index is 0.263. The zero-order valence-corrected chi connectivity index (χ0v) is 9.63. The van der Waals surface area contributed by atoms with E-state index in [9.17, 15) is 0 Å². The minimum atomic E-state index is 0.263.